The zero-order valence-electron chi connectivity index (χ0n) is 19.7. The third-order valence-corrected chi connectivity index (χ3v) is 6.76. The number of rotatable bonds is 7. The average molecular weight is 481 g/mol. The smallest absolute Gasteiger partial charge is 0.261 e. The van der Waals surface area contributed by atoms with Crippen LogP contribution in [0.15, 0.2) is 47.4 Å². The number of piperazine rings is 1. The van der Waals surface area contributed by atoms with Crippen LogP contribution in [0.1, 0.15) is 29.2 Å². The molecule has 0 spiro atoms. The summed E-state index contributed by atoms with van der Waals surface area (Å²) >= 11 is 0. The Hall–Kier alpha value is -3.43. The van der Waals surface area contributed by atoms with Crippen molar-refractivity contribution in [3.63, 3.8) is 0 Å². The van der Waals surface area contributed by atoms with Crippen molar-refractivity contribution in [2.45, 2.75) is 18.9 Å². The molecule has 2 fully saturated rings. The molecule has 0 radical (unpaired) electrons. The average Bonchev–Trinajstić information content (AvgIpc) is 3.71. The second kappa shape index (κ2) is 9.67. The van der Waals surface area contributed by atoms with Gasteiger partial charge < -0.3 is 24.6 Å². The molecule has 0 unspecified atom stereocenters. The van der Waals surface area contributed by atoms with Gasteiger partial charge in [-0.15, -0.1) is 0 Å². The first-order valence-electron chi connectivity index (χ1n) is 11.9. The predicted octanol–water partition coefficient (Wildman–Crippen LogP) is 2.85. The summed E-state index contributed by atoms with van der Waals surface area (Å²) in [6, 6.07) is 10.0. The molecule has 5 rings (SSSR count). The minimum atomic E-state index is -0.527. The maximum atomic E-state index is 15.3. The van der Waals surface area contributed by atoms with Crippen molar-refractivity contribution in [1.82, 2.24) is 9.47 Å². The number of benzene rings is 2. The van der Waals surface area contributed by atoms with E-state index in [1.807, 2.05) is 9.47 Å². The van der Waals surface area contributed by atoms with E-state index >= 15 is 4.39 Å². The number of aliphatic hydroxyl groups is 1. The van der Waals surface area contributed by atoms with Crippen molar-refractivity contribution in [2.75, 3.05) is 56.7 Å². The van der Waals surface area contributed by atoms with Gasteiger partial charge in [-0.1, -0.05) is 0 Å². The largest absolute Gasteiger partial charge is 0.497 e. The first-order valence-corrected chi connectivity index (χ1v) is 11.9. The zero-order valence-corrected chi connectivity index (χ0v) is 19.7. The zero-order chi connectivity index (χ0) is 24.5. The van der Waals surface area contributed by atoms with Crippen LogP contribution in [0.4, 0.5) is 15.8 Å². The number of amides is 1. The second-order valence-corrected chi connectivity index (χ2v) is 9.07. The molecule has 9 heteroatoms. The highest BCUT2D eigenvalue weighted by Gasteiger charge is 2.28. The fourth-order valence-electron chi connectivity index (χ4n) is 4.64. The first kappa shape index (κ1) is 23.3. The summed E-state index contributed by atoms with van der Waals surface area (Å²) in [4.78, 5) is 30.5. The van der Waals surface area contributed by atoms with Crippen LogP contribution >= 0.6 is 0 Å². The van der Waals surface area contributed by atoms with Gasteiger partial charge in [0.25, 0.3) is 5.91 Å². The maximum Gasteiger partial charge on any atom is 0.261 e. The molecule has 1 aromatic heterocycles. The molecule has 1 aliphatic heterocycles. The number of carbonyl (C=O) groups is 1. The number of hydrogen-bond donors (Lipinski definition) is 2. The van der Waals surface area contributed by atoms with E-state index in [2.05, 4.69) is 10.2 Å². The van der Waals surface area contributed by atoms with E-state index in [1.54, 1.807) is 43.6 Å². The highest BCUT2D eigenvalue weighted by Crippen LogP contribution is 2.38. The number of fused-ring (bicyclic) bond motifs is 1. The van der Waals surface area contributed by atoms with Crippen LogP contribution in [0, 0.1) is 5.82 Å². The number of methoxy groups -OCH3 is 1. The summed E-state index contributed by atoms with van der Waals surface area (Å²) in [5, 5.41) is 12.1. The molecule has 2 aromatic carbocycles. The molecule has 1 aliphatic carbocycles. The molecule has 8 nitrogen and oxygen atoms in total. The van der Waals surface area contributed by atoms with Crippen LogP contribution in [-0.2, 0) is 0 Å². The van der Waals surface area contributed by atoms with E-state index in [1.165, 1.54) is 6.07 Å². The standard InChI is InChI=1S/C26H29FN4O4/c1-35-19-6-2-17(3-7-19)28-26(34)21-16-31(18-4-5-18)23-15-24(22(27)14-20(23)25(21)33)30-10-8-29(9-11-30)12-13-32/h2-3,6-7,14-16,18,32H,4-5,8-13H2,1H3,(H,28,34). The summed E-state index contributed by atoms with van der Waals surface area (Å²) in [7, 11) is 1.56. The number of hydrogen-bond acceptors (Lipinski definition) is 6. The fraction of sp³-hybridized carbons (Fsp3) is 0.385. The van der Waals surface area contributed by atoms with Gasteiger partial charge in [0.1, 0.15) is 17.1 Å². The third kappa shape index (κ3) is 4.74. The molecule has 2 heterocycles. The number of pyridine rings is 1. The third-order valence-electron chi connectivity index (χ3n) is 6.76. The van der Waals surface area contributed by atoms with Crippen molar-refractivity contribution in [3.8, 4) is 5.75 Å². The van der Waals surface area contributed by atoms with Crippen LogP contribution in [0.25, 0.3) is 10.9 Å². The SMILES string of the molecule is COc1ccc(NC(=O)c2cn(C3CC3)c3cc(N4CCN(CCO)CC4)c(F)cc3c2=O)cc1. The lowest BCUT2D eigenvalue weighted by atomic mass is 10.1. The van der Waals surface area contributed by atoms with E-state index in [9.17, 15) is 9.59 Å². The molecule has 1 saturated carbocycles. The Morgan fingerprint density at radius 2 is 1.86 bits per heavy atom. The van der Waals surface area contributed by atoms with Gasteiger partial charge in [0.05, 0.1) is 24.9 Å². The minimum Gasteiger partial charge on any atom is -0.497 e. The molecule has 2 aliphatic rings. The van der Waals surface area contributed by atoms with E-state index in [4.69, 9.17) is 9.84 Å². The Morgan fingerprint density at radius 1 is 1.14 bits per heavy atom. The van der Waals surface area contributed by atoms with Crippen LogP contribution < -0.4 is 20.4 Å². The van der Waals surface area contributed by atoms with Crippen molar-refractivity contribution >= 4 is 28.2 Å². The monoisotopic (exact) mass is 480 g/mol. The number of aliphatic hydroxyl groups excluding tert-OH is 1. The van der Waals surface area contributed by atoms with Gasteiger partial charge in [0, 0.05) is 56.0 Å². The van der Waals surface area contributed by atoms with Gasteiger partial charge in [0.15, 0.2) is 0 Å². The van der Waals surface area contributed by atoms with Crippen molar-refractivity contribution in [3.05, 3.63) is 64.2 Å². The Labute approximate surface area is 202 Å². The molecular formula is C26H29FN4O4. The lowest BCUT2D eigenvalue weighted by molar-refractivity contribution is 0.102. The van der Waals surface area contributed by atoms with Crippen molar-refractivity contribution in [2.24, 2.45) is 0 Å². The maximum absolute atomic E-state index is 15.3. The summed E-state index contributed by atoms with van der Waals surface area (Å²) in [6.45, 7) is 3.45. The van der Waals surface area contributed by atoms with Gasteiger partial charge in [-0.3, -0.25) is 14.5 Å². The molecule has 1 amide bonds. The summed E-state index contributed by atoms with van der Waals surface area (Å²) in [5.41, 5.74) is 1.15. The molecule has 0 bridgehead atoms. The summed E-state index contributed by atoms with van der Waals surface area (Å²) < 4.78 is 22.4. The van der Waals surface area contributed by atoms with Crippen LogP contribution in [0.3, 0.4) is 0 Å². The number of carbonyl (C=O) groups excluding carboxylic acids is 1. The quantitative estimate of drug-likeness (QED) is 0.541. The van der Waals surface area contributed by atoms with E-state index in [0.29, 0.717) is 42.3 Å². The van der Waals surface area contributed by atoms with Gasteiger partial charge in [-0.25, -0.2) is 4.39 Å². The van der Waals surface area contributed by atoms with Gasteiger partial charge >= 0.3 is 0 Å². The number of aromatic nitrogens is 1. The number of ether oxygens (including phenoxy) is 1. The normalized spacial score (nSPS) is 16.5. The van der Waals surface area contributed by atoms with Crippen molar-refractivity contribution in [1.29, 1.82) is 0 Å². The van der Waals surface area contributed by atoms with Crippen LogP contribution in [-0.4, -0.2) is 66.9 Å². The van der Waals surface area contributed by atoms with E-state index < -0.39 is 17.2 Å². The van der Waals surface area contributed by atoms with E-state index in [0.717, 1.165) is 25.9 Å². The second-order valence-electron chi connectivity index (χ2n) is 9.07. The summed E-state index contributed by atoms with van der Waals surface area (Å²) in [5.74, 6) is -0.341. The minimum absolute atomic E-state index is 0.00927. The van der Waals surface area contributed by atoms with Gasteiger partial charge in [-0.2, -0.15) is 0 Å². The van der Waals surface area contributed by atoms with Crippen molar-refractivity contribution < 1.29 is 19.0 Å². The molecule has 3 aromatic rings. The van der Waals surface area contributed by atoms with E-state index in [-0.39, 0.29) is 23.6 Å². The molecule has 0 atom stereocenters. The molecular weight excluding hydrogens is 451 g/mol. The Bertz CT molecular complexity index is 1300. The molecule has 35 heavy (non-hydrogen) atoms. The van der Waals surface area contributed by atoms with Gasteiger partial charge in [-0.05, 0) is 49.2 Å². The number of β-amino-alcohol motifs (C(OH)–C–C–N with tert-alkyl or cyclic N) is 1. The lowest BCUT2D eigenvalue weighted by Crippen LogP contribution is -2.47. The highest BCUT2D eigenvalue weighted by molar-refractivity contribution is 6.06. The lowest BCUT2D eigenvalue weighted by Gasteiger charge is -2.36. The summed E-state index contributed by atoms with van der Waals surface area (Å²) in [6.07, 6.45) is 3.51. The number of nitrogens with one attached hydrogen (secondary N) is 1. The molecule has 184 valence electrons. The number of halogens is 1. The Morgan fingerprint density at radius 3 is 2.49 bits per heavy atom. The fourth-order valence-corrected chi connectivity index (χ4v) is 4.64. The first-order chi connectivity index (χ1) is 17.0. The predicted molar refractivity (Wildman–Crippen MR) is 133 cm³/mol. The number of nitrogens with zero attached hydrogens (tertiary/aromatic N) is 3. The highest BCUT2D eigenvalue weighted by atomic mass is 19.1. The Balaban J connectivity index is 1.49. The topological polar surface area (TPSA) is 87.0 Å². The Kier molecular flexibility index (Phi) is 6.44. The molecule has 2 N–H and O–H groups in total. The van der Waals surface area contributed by atoms with Crippen LogP contribution in [0.5, 0.6) is 5.75 Å². The van der Waals surface area contributed by atoms with Crippen LogP contribution in [0.2, 0.25) is 0 Å². The van der Waals surface area contributed by atoms with Gasteiger partial charge in [0.2, 0.25) is 5.43 Å². The molecule has 1 saturated heterocycles. The number of anilines is 2.